The first-order valence-electron chi connectivity index (χ1n) is 3.93. The SMILES string of the molecule is CCOc1ccc(F)c(S(=O)(=O)Cl)c1F. The Kier molecular flexibility index (Phi) is 3.51. The Hall–Kier alpha value is -0.880. The van der Waals surface area contributed by atoms with E-state index in [4.69, 9.17) is 15.4 Å². The molecule has 0 fully saturated rings. The molecular weight excluding hydrogens is 250 g/mol. The Labute approximate surface area is 90.0 Å². The van der Waals surface area contributed by atoms with E-state index in [0.717, 1.165) is 12.1 Å². The molecule has 0 N–H and O–H groups in total. The fourth-order valence-electron chi connectivity index (χ4n) is 1.00. The van der Waals surface area contributed by atoms with Gasteiger partial charge in [-0.15, -0.1) is 0 Å². The van der Waals surface area contributed by atoms with Crippen LogP contribution in [0, 0.1) is 11.6 Å². The average Bonchev–Trinajstić information content (AvgIpc) is 2.08. The van der Waals surface area contributed by atoms with Crippen molar-refractivity contribution in [2.45, 2.75) is 11.8 Å². The van der Waals surface area contributed by atoms with Crippen LogP contribution < -0.4 is 4.74 Å². The van der Waals surface area contributed by atoms with Crippen molar-refractivity contribution in [3.05, 3.63) is 23.8 Å². The molecule has 3 nitrogen and oxygen atoms in total. The van der Waals surface area contributed by atoms with E-state index in [9.17, 15) is 17.2 Å². The molecule has 0 saturated carbocycles. The lowest BCUT2D eigenvalue weighted by atomic mass is 10.3. The fraction of sp³-hybridized carbons (Fsp3) is 0.250. The minimum atomic E-state index is -4.46. The minimum absolute atomic E-state index is 0.129. The molecule has 0 aliphatic carbocycles. The van der Waals surface area contributed by atoms with Crippen LogP contribution in [0.25, 0.3) is 0 Å². The monoisotopic (exact) mass is 256 g/mol. The highest BCUT2D eigenvalue weighted by Crippen LogP contribution is 2.29. The van der Waals surface area contributed by atoms with Crippen molar-refractivity contribution >= 4 is 19.7 Å². The number of hydrogen-bond donors (Lipinski definition) is 0. The molecule has 84 valence electrons. The normalized spacial score (nSPS) is 11.5. The summed E-state index contributed by atoms with van der Waals surface area (Å²) in [6.07, 6.45) is 0. The maximum Gasteiger partial charge on any atom is 0.267 e. The van der Waals surface area contributed by atoms with Crippen LogP contribution in [0.15, 0.2) is 17.0 Å². The zero-order valence-corrected chi connectivity index (χ0v) is 9.20. The lowest BCUT2D eigenvalue weighted by Gasteiger charge is -2.07. The van der Waals surface area contributed by atoms with Crippen molar-refractivity contribution in [1.82, 2.24) is 0 Å². The van der Waals surface area contributed by atoms with Gasteiger partial charge in [-0.1, -0.05) is 0 Å². The van der Waals surface area contributed by atoms with Gasteiger partial charge in [0.25, 0.3) is 9.05 Å². The third-order valence-electron chi connectivity index (χ3n) is 1.56. The van der Waals surface area contributed by atoms with Crippen LogP contribution in [0.5, 0.6) is 5.75 Å². The summed E-state index contributed by atoms with van der Waals surface area (Å²) < 4.78 is 52.9. The first-order chi connectivity index (χ1) is 6.88. The van der Waals surface area contributed by atoms with Crippen LogP contribution in [0.1, 0.15) is 6.92 Å². The first kappa shape index (κ1) is 12.2. The molecule has 1 aromatic carbocycles. The summed E-state index contributed by atoms with van der Waals surface area (Å²) in [5.74, 6) is -2.91. The molecule has 0 radical (unpaired) electrons. The summed E-state index contributed by atoms with van der Waals surface area (Å²) in [5, 5.41) is 0. The third-order valence-corrected chi connectivity index (χ3v) is 2.88. The van der Waals surface area contributed by atoms with Crippen LogP contribution >= 0.6 is 10.7 Å². The van der Waals surface area contributed by atoms with E-state index in [-0.39, 0.29) is 12.4 Å². The molecule has 15 heavy (non-hydrogen) atoms. The molecule has 0 heterocycles. The maximum atomic E-state index is 13.4. The summed E-state index contributed by atoms with van der Waals surface area (Å²) in [7, 11) is 0.415. The second kappa shape index (κ2) is 4.32. The van der Waals surface area contributed by atoms with Crippen molar-refractivity contribution in [2.24, 2.45) is 0 Å². The van der Waals surface area contributed by atoms with Gasteiger partial charge in [-0.2, -0.15) is 0 Å². The molecule has 1 aromatic rings. The van der Waals surface area contributed by atoms with Crippen LogP contribution in [-0.4, -0.2) is 15.0 Å². The smallest absolute Gasteiger partial charge is 0.267 e. The Balaban J connectivity index is 3.44. The molecule has 0 aliphatic heterocycles. The summed E-state index contributed by atoms with van der Waals surface area (Å²) >= 11 is 0. The van der Waals surface area contributed by atoms with E-state index in [0.29, 0.717) is 0 Å². The quantitative estimate of drug-likeness (QED) is 0.780. The number of benzene rings is 1. The molecule has 0 aromatic heterocycles. The molecule has 7 heteroatoms. The fourth-order valence-corrected chi connectivity index (χ4v) is 2.04. The van der Waals surface area contributed by atoms with Gasteiger partial charge in [0.15, 0.2) is 16.5 Å². The number of hydrogen-bond acceptors (Lipinski definition) is 3. The maximum absolute atomic E-state index is 13.4. The van der Waals surface area contributed by atoms with Crippen molar-refractivity contribution in [3.63, 3.8) is 0 Å². The lowest BCUT2D eigenvalue weighted by molar-refractivity contribution is 0.315. The summed E-state index contributed by atoms with van der Waals surface area (Å²) in [5.41, 5.74) is 0. The molecule has 0 bridgehead atoms. The van der Waals surface area contributed by atoms with Crippen LogP contribution in [0.4, 0.5) is 8.78 Å². The number of ether oxygens (including phenoxy) is 1. The van der Waals surface area contributed by atoms with Gasteiger partial charge < -0.3 is 4.74 Å². The second-order valence-electron chi connectivity index (χ2n) is 2.56. The van der Waals surface area contributed by atoms with Gasteiger partial charge in [0.05, 0.1) is 6.61 Å². The highest BCUT2D eigenvalue weighted by molar-refractivity contribution is 8.13. The van der Waals surface area contributed by atoms with Gasteiger partial charge in [0.1, 0.15) is 5.82 Å². The number of rotatable bonds is 3. The standard InChI is InChI=1S/C8H7ClF2O3S/c1-2-14-6-4-3-5(10)8(7(6)11)15(9,12)13/h3-4H,2H2,1H3. The van der Waals surface area contributed by atoms with E-state index in [2.05, 4.69) is 0 Å². The minimum Gasteiger partial charge on any atom is -0.491 e. The highest BCUT2D eigenvalue weighted by Gasteiger charge is 2.24. The zero-order chi connectivity index (χ0) is 11.6. The third kappa shape index (κ3) is 2.57. The summed E-state index contributed by atoms with van der Waals surface area (Å²) in [6.45, 7) is 1.71. The van der Waals surface area contributed by atoms with Crippen molar-refractivity contribution < 1.29 is 21.9 Å². The van der Waals surface area contributed by atoms with E-state index < -0.39 is 25.6 Å². The molecule has 0 aliphatic rings. The molecule has 0 unspecified atom stereocenters. The van der Waals surface area contributed by atoms with Gasteiger partial charge in [0, 0.05) is 10.7 Å². The highest BCUT2D eigenvalue weighted by atomic mass is 35.7. The molecule has 1 rings (SSSR count). The average molecular weight is 257 g/mol. The van der Waals surface area contributed by atoms with Crippen molar-refractivity contribution in [3.8, 4) is 5.75 Å². The predicted octanol–water partition coefficient (Wildman–Crippen LogP) is 2.29. The van der Waals surface area contributed by atoms with E-state index in [1.807, 2.05) is 0 Å². The van der Waals surface area contributed by atoms with Crippen LogP contribution in [0.3, 0.4) is 0 Å². The Morgan fingerprint density at radius 3 is 2.47 bits per heavy atom. The predicted molar refractivity (Wildman–Crippen MR) is 50.6 cm³/mol. The van der Waals surface area contributed by atoms with Gasteiger partial charge in [-0.05, 0) is 19.1 Å². The lowest BCUT2D eigenvalue weighted by Crippen LogP contribution is -2.03. The molecule has 0 atom stereocenters. The second-order valence-corrected chi connectivity index (χ2v) is 5.06. The molecule has 0 saturated heterocycles. The first-order valence-corrected chi connectivity index (χ1v) is 6.24. The number of halogens is 3. The molecule has 0 spiro atoms. The van der Waals surface area contributed by atoms with Gasteiger partial charge in [-0.25, -0.2) is 17.2 Å². The van der Waals surface area contributed by atoms with Gasteiger partial charge >= 0.3 is 0 Å². The van der Waals surface area contributed by atoms with E-state index in [1.54, 1.807) is 6.92 Å². The zero-order valence-electron chi connectivity index (χ0n) is 7.63. The van der Waals surface area contributed by atoms with Gasteiger partial charge in [0.2, 0.25) is 0 Å². The molecule has 0 amide bonds. The molecular formula is C8H7ClF2O3S. The topological polar surface area (TPSA) is 43.4 Å². The largest absolute Gasteiger partial charge is 0.491 e. The van der Waals surface area contributed by atoms with E-state index >= 15 is 0 Å². The van der Waals surface area contributed by atoms with Crippen molar-refractivity contribution in [2.75, 3.05) is 6.61 Å². The summed E-state index contributed by atoms with van der Waals surface area (Å²) in [4.78, 5) is -1.19. The van der Waals surface area contributed by atoms with Crippen molar-refractivity contribution in [1.29, 1.82) is 0 Å². The Morgan fingerprint density at radius 2 is 2.00 bits per heavy atom. The van der Waals surface area contributed by atoms with Gasteiger partial charge in [-0.3, -0.25) is 0 Å². The van der Waals surface area contributed by atoms with Crippen LogP contribution in [-0.2, 0) is 9.05 Å². The summed E-state index contributed by atoms with van der Waals surface area (Å²) in [6, 6.07) is 1.78. The van der Waals surface area contributed by atoms with E-state index in [1.165, 1.54) is 0 Å². The Bertz CT molecular complexity index is 473. The Morgan fingerprint density at radius 1 is 1.40 bits per heavy atom. The van der Waals surface area contributed by atoms with Crippen LogP contribution in [0.2, 0.25) is 0 Å².